The first kappa shape index (κ1) is 11.2. The Balaban J connectivity index is 2.52. The number of amides is 1. The zero-order chi connectivity index (χ0) is 12.1. The zero-order valence-corrected chi connectivity index (χ0v) is 9.51. The second-order valence-corrected chi connectivity index (χ2v) is 3.54. The monoisotopic (exact) mass is 227 g/mol. The number of nitrogens with one attached hydrogen (secondary N) is 1. The van der Waals surface area contributed by atoms with Crippen molar-refractivity contribution in [1.82, 2.24) is 0 Å². The van der Waals surface area contributed by atoms with Crippen LogP contribution >= 0.6 is 0 Å². The molecule has 0 bridgehead atoms. The topological polar surface area (TPSA) is 38.3 Å². The predicted octanol–water partition coefficient (Wildman–Crippen LogP) is 2.93. The normalized spacial score (nSPS) is 9.71. The summed E-state index contributed by atoms with van der Waals surface area (Å²) < 4.78 is 5.19. The summed E-state index contributed by atoms with van der Waals surface area (Å²) in [4.78, 5) is 10.6. The van der Waals surface area contributed by atoms with Crippen molar-refractivity contribution in [2.75, 3.05) is 12.4 Å². The molecule has 0 fully saturated rings. The molecule has 3 heteroatoms. The van der Waals surface area contributed by atoms with Crippen LogP contribution in [0.15, 0.2) is 48.5 Å². The van der Waals surface area contributed by atoms with Gasteiger partial charge in [0.15, 0.2) is 0 Å². The Kier molecular flexibility index (Phi) is 3.40. The first-order chi connectivity index (χ1) is 8.35. The fourth-order valence-corrected chi connectivity index (χ4v) is 1.70. The molecule has 0 aliphatic rings. The molecule has 0 radical (unpaired) electrons. The molecule has 86 valence electrons. The van der Waals surface area contributed by atoms with Gasteiger partial charge >= 0.3 is 0 Å². The Morgan fingerprint density at radius 2 is 1.88 bits per heavy atom. The van der Waals surface area contributed by atoms with Crippen LogP contribution in [0.2, 0.25) is 0 Å². The minimum Gasteiger partial charge on any atom is -0.497 e. The number of rotatable bonds is 4. The second kappa shape index (κ2) is 5.16. The third kappa shape index (κ3) is 2.45. The number of carbonyl (C=O) groups is 1. The molecule has 2 rings (SSSR count). The Hall–Kier alpha value is -2.29. The summed E-state index contributed by atoms with van der Waals surface area (Å²) >= 11 is 0. The van der Waals surface area contributed by atoms with Gasteiger partial charge in [0.25, 0.3) is 0 Å². The van der Waals surface area contributed by atoms with Gasteiger partial charge in [0.05, 0.1) is 7.11 Å². The van der Waals surface area contributed by atoms with Crippen molar-refractivity contribution in [3.8, 4) is 16.9 Å². The molecule has 1 N–H and O–H groups in total. The average molecular weight is 227 g/mol. The highest BCUT2D eigenvalue weighted by molar-refractivity contribution is 5.85. The molecule has 0 saturated carbocycles. The molecule has 0 aliphatic heterocycles. The molecule has 0 heterocycles. The molecular weight excluding hydrogens is 214 g/mol. The van der Waals surface area contributed by atoms with Gasteiger partial charge in [-0.3, -0.25) is 4.79 Å². The Bertz CT molecular complexity index is 509. The highest BCUT2D eigenvalue weighted by Gasteiger charge is 2.05. The first-order valence-electron chi connectivity index (χ1n) is 5.29. The summed E-state index contributed by atoms with van der Waals surface area (Å²) in [6, 6.07) is 15.4. The lowest BCUT2D eigenvalue weighted by Crippen LogP contribution is -1.97. The van der Waals surface area contributed by atoms with Gasteiger partial charge in [-0.2, -0.15) is 0 Å². The highest BCUT2D eigenvalue weighted by atomic mass is 16.5. The second-order valence-electron chi connectivity index (χ2n) is 3.54. The molecule has 0 saturated heterocycles. The van der Waals surface area contributed by atoms with E-state index in [1.807, 2.05) is 48.5 Å². The summed E-state index contributed by atoms with van der Waals surface area (Å²) in [5.74, 6) is 0.764. The van der Waals surface area contributed by atoms with E-state index in [1.165, 1.54) is 0 Å². The lowest BCUT2D eigenvalue weighted by molar-refractivity contribution is -0.105. The fourth-order valence-electron chi connectivity index (χ4n) is 1.70. The number of methoxy groups -OCH3 is 1. The van der Waals surface area contributed by atoms with Crippen LogP contribution in [0.4, 0.5) is 5.69 Å². The van der Waals surface area contributed by atoms with Crippen LogP contribution in [0.3, 0.4) is 0 Å². The summed E-state index contributed by atoms with van der Waals surface area (Å²) in [5.41, 5.74) is 2.75. The van der Waals surface area contributed by atoms with Gasteiger partial charge < -0.3 is 10.1 Å². The van der Waals surface area contributed by atoms with Crippen molar-refractivity contribution in [2.24, 2.45) is 0 Å². The van der Waals surface area contributed by atoms with Crippen LogP contribution in [0.5, 0.6) is 5.75 Å². The van der Waals surface area contributed by atoms with E-state index in [9.17, 15) is 4.79 Å². The maximum Gasteiger partial charge on any atom is 0.211 e. The zero-order valence-electron chi connectivity index (χ0n) is 9.51. The first-order valence-corrected chi connectivity index (χ1v) is 5.29. The number of benzene rings is 2. The average Bonchev–Trinajstić information content (AvgIpc) is 2.40. The smallest absolute Gasteiger partial charge is 0.211 e. The van der Waals surface area contributed by atoms with Crippen LogP contribution in [-0.4, -0.2) is 13.5 Å². The van der Waals surface area contributed by atoms with Crippen molar-refractivity contribution in [3.05, 3.63) is 48.5 Å². The van der Waals surface area contributed by atoms with E-state index < -0.39 is 0 Å². The molecule has 1 amide bonds. The van der Waals surface area contributed by atoms with E-state index >= 15 is 0 Å². The van der Waals surface area contributed by atoms with Gasteiger partial charge in [-0.1, -0.05) is 30.3 Å². The molecular formula is C14H13NO2. The lowest BCUT2D eigenvalue weighted by Gasteiger charge is -2.10. The Labute approximate surface area is 100 Å². The van der Waals surface area contributed by atoms with Crippen molar-refractivity contribution in [2.45, 2.75) is 0 Å². The molecule has 0 aliphatic carbocycles. The van der Waals surface area contributed by atoms with Crippen LogP contribution < -0.4 is 10.1 Å². The van der Waals surface area contributed by atoms with E-state index in [4.69, 9.17) is 4.74 Å². The third-order valence-corrected chi connectivity index (χ3v) is 2.53. The number of ether oxygens (including phenoxy) is 1. The lowest BCUT2D eigenvalue weighted by atomic mass is 10.0. The van der Waals surface area contributed by atoms with Gasteiger partial charge in [-0.15, -0.1) is 0 Å². The minimum atomic E-state index is 0.675. The molecule has 2 aromatic carbocycles. The Morgan fingerprint density at radius 3 is 2.53 bits per heavy atom. The number of hydrogen-bond donors (Lipinski definition) is 1. The van der Waals surface area contributed by atoms with E-state index in [0.29, 0.717) is 6.41 Å². The molecule has 0 spiro atoms. The van der Waals surface area contributed by atoms with Gasteiger partial charge in [0, 0.05) is 11.3 Å². The quantitative estimate of drug-likeness (QED) is 0.815. The van der Waals surface area contributed by atoms with Crippen molar-refractivity contribution < 1.29 is 9.53 Å². The van der Waals surface area contributed by atoms with Crippen molar-refractivity contribution in [1.29, 1.82) is 0 Å². The molecule has 17 heavy (non-hydrogen) atoms. The van der Waals surface area contributed by atoms with E-state index in [1.54, 1.807) is 7.11 Å². The summed E-state index contributed by atoms with van der Waals surface area (Å²) in [7, 11) is 1.62. The van der Waals surface area contributed by atoms with Crippen LogP contribution in [-0.2, 0) is 4.79 Å². The van der Waals surface area contributed by atoms with Gasteiger partial charge in [-0.25, -0.2) is 0 Å². The maximum atomic E-state index is 10.6. The summed E-state index contributed by atoms with van der Waals surface area (Å²) in [5, 5.41) is 2.69. The van der Waals surface area contributed by atoms with Gasteiger partial charge in [-0.05, 0) is 23.8 Å². The van der Waals surface area contributed by atoms with Gasteiger partial charge in [0.2, 0.25) is 6.41 Å². The van der Waals surface area contributed by atoms with E-state index in [-0.39, 0.29) is 0 Å². The predicted molar refractivity (Wildman–Crippen MR) is 68.1 cm³/mol. The molecule has 0 unspecified atom stereocenters. The highest BCUT2D eigenvalue weighted by Crippen LogP contribution is 2.31. The van der Waals surface area contributed by atoms with Crippen LogP contribution in [0.25, 0.3) is 11.1 Å². The SMILES string of the molecule is COc1ccc(NC=O)c(-c2ccccc2)c1. The number of anilines is 1. The minimum absolute atomic E-state index is 0.675. The number of hydrogen-bond acceptors (Lipinski definition) is 2. The van der Waals surface area contributed by atoms with Crippen molar-refractivity contribution in [3.63, 3.8) is 0 Å². The van der Waals surface area contributed by atoms with E-state index in [0.717, 1.165) is 22.6 Å². The maximum absolute atomic E-state index is 10.6. The Morgan fingerprint density at radius 1 is 1.12 bits per heavy atom. The summed E-state index contributed by atoms with van der Waals surface area (Å²) in [6.07, 6.45) is 0.675. The third-order valence-electron chi connectivity index (χ3n) is 2.53. The molecule has 0 atom stereocenters. The fraction of sp³-hybridized carbons (Fsp3) is 0.0714. The molecule has 3 nitrogen and oxygen atoms in total. The standard InChI is InChI=1S/C14H13NO2/c1-17-12-7-8-14(15-10-16)13(9-12)11-5-3-2-4-6-11/h2-10H,1H3,(H,15,16). The number of carbonyl (C=O) groups excluding carboxylic acids is 1. The molecule has 2 aromatic rings. The summed E-state index contributed by atoms with van der Waals surface area (Å²) in [6.45, 7) is 0. The van der Waals surface area contributed by atoms with Crippen LogP contribution in [0.1, 0.15) is 0 Å². The molecule has 0 aromatic heterocycles. The largest absolute Gasteiger partial charge is 0.497 e. The van der Waals surface area contributed by atoms with Gasteiger partial charge in [0.1, 0.15) is 5.75 Å². The van der Waals surface area contributed by atoms with E-state index in [2.05, 4.69) is 5.32 Å². The van der Waals surface area contributed by atoms with Crippen LogP contribution in [0, 0.1) is 0 Å². The van der Waals surface area contributed by atoms with Crippen molar-refractivity contribution >= 4 is 12.1 Å².